The molecule has 0 aliphatic heterocycles. The maximum absolute atomic E-state index is 14.0. The molecular weight excluding hydrogens is 289 g/mol. The van der Waals surface area contributed by atoms with Crippen LogP contribution in [0.5, 0.6) is 0 Å². The van der Waals surface area contributed by atoms with Crippen molar-refractivity contribution in [2.75, 3.05) is 7.05 Å². The second kappa shape index (κ2) is 6.96. The second-order valence-corrected chi connectivity index (χ2v) is 5.46. The van der Waals surface area contributed by atoms with E-state index < -0.39 is 0 Å². The molecule has 0 aliphatic carbocycles. The first-order valence-electron chi connectivity index (χ1n) is 6.99. The zero-order chi connectivity index (χ0) is 15.4. The lowest BCUT2D eigenvalue weighted by Crippen LogP contribution is -2.22. The molecule has 0 amide bonds. The summed E-state index contributed by atoms with van der Waals surface area (Å²) in [5.41, 5.74) is 3.51. The summed E-state index contributed by atoms with van der Waals surface area (Å²) in [6, 6.07) is 6.80. The molecule has 0 fully saturated rings. The Morgan fingerprint density at radius 1 is 1.29 bits per heavy atom. The van der Waals surface area contributed by atoms with E-state index in [1.165, 1.54) is 6.07 Å². The number of hydrogen-bond acceptors (Lipinski definition) is 3. The summed E-state index contributed by atoms with van der Waals surface area (Å²) in [5, 5.41) is 12.0. The van der Waals surface area contributed by atoms with Crippen molar-refractivity contribution in [2.24, 2.45) is 0 Å². The van der Waals surface area contributed by atoms with E-state index in [0.717, 1.165) is 23.4 Å². The molecule has 5 heteroatoms. The lowest BCUT2D eigenvalue weighted by Gasteiger charge is -2.19. The quantitative estimate of drug-likeness (QED) is 0.916. The predicted octanol–water partition coefficient (Wildman–Crippen LogP) is 3.64. The fourth-order valence-corrected chi connectivity index (χ4v) is 2.54. The summed E-state index contributed by atoms with van der Waals surface area (Å²) in [6.07, 6.45) is 1.33. The summed E-state index contributed by atoms with van der Waals surface area (Å²) in [5.74, 6) is -0.278. The largest absolute Gasteiger partial charge is 0.313 e. The van der Waals surface area contributed by atoms with Gasteiger partial charge >= 0.3 is 0 Å². The Hall–Kier alpha value is -1.52. The number of hydrogen-bond donors (Lipinski definition) is 1. The van der Waals surface area contributed by atoms with Gasteiger partial charge < -0.3 is 5.32 Å². The Morgan fingerprint density at radius 3 is 2.67 bits per heavy atom. The van der Waals surface area contributed by atoms with Crippen LogP contribution in [0, 0.1) is 12.7 Å². The van der Waals surface area contributed by atoms with Gasteiger partial charge in [-0.1, -0.05) is 24.6 Å². The summed E-state index contributed by atoms with van der Waals surface area (Å²) in [7, 11) is 1.87. The van der Waals surface area contributed by atoms with Crippen LogP contribution in [0.2, 0.25) is 5.02 Å². The molecule has 2 rings (SSSR count). The number of rotatable bonds is 5. The molecule has 1 atom stereocenters. The fourth-order valence-electron chi connectivity index (χ4n) is 2.39. The molecule has 0 saturated heterocycles. The van der Waals surface area contributed by atoms with Gasteiger partial charge in [-0.3, -0.25) is 0 Å². The molecule has 3 nitrogen and oxygen atoms in total. The van der Waals surface area contributed by atoms with Gasteiger partial charge in [-0.2, -0.15) is 10.2 Å². The number of aryl methyl sites for hydroxylation is 2. The van der Waals surface area contributed by atoms with E-state index in [2.05, 4.69) is 15.5 Å². The number of halogens is 2. The normalized spacial score (nSPS) is 12.4. The molecule has 1 N–H and O–H groups in total. The number of likely N-dealkylation sites (N-methyl/N-ethyl adjacent to an activating group) is 1. The third kappa shape index (κ3) is 3.77. The van der Waals surface area contributed by atoms with Crippen molar-refractivity contribution in [3.63, 3.8) is 0 Å². The molecule has 1 unspecified atom stereocenters. The highest BCUT2D eigenvalue weighted by molar-refractivity contribution is 6.30. The van der Waals surface area contributed by atoms with Crippen LogP contribution in [-0.2, 0) is 12.8 Å². The van der Waals surface area contributed by atoms with Crippen molar-refractivity contribution in [2.45, 2.75) is 32.7 Å². The van der Waals surface area contributed by atoms with E-state index in [1.54, 1.807) is 12.1 Å². The van der Waals surface area contributed by atoms with Crippen LogP contribution >= 0.6 is 11.6 Å². The van der Waals surface area contributed by atoms with Gasteiger partial charge in [-0.25, -0.2) is 4.39 Å². The van der Waals surface area contributed by atoms with Gasteiger partial charge in [0.1, 0.15) is 5.82 Å². The van der Waals surface area contributed by atoms with Gasteiger partial charge in [0.05, 0.1) is 11.4 Å². The lowest BCUT2D eigenvalue weighted by atomic mass is 9.96. The van der Waals surface area contributed by atoms with Crippen LogP contribution < -0.4 is 5.32 Å². The number of benzene rings is 1. The Kier molecular flexibility index (Phi) is 5.26. The third-order valence-corrected chi connectivity index (χ3v) is 3.76. The Bertz CT molecular complexity index is 631. The molecular formula is C16H19ClFN3. The Labute approximate surface area is 129 Å². The van der Waals surface area contributed by atoms with Gasteiger partial charge in [-0.05, 0) is 56.1 Å². The van der Waals surface area contributed by atoms with Crippen LogP contribution in [0.3, 0.4) is 0 Å². The monoisotopic (exact) mass is 307 g/mol. The Balaban J connectivity index is 2.34. The van der Waals surface area contributed by atoms with Gasteiger partial charge in [0.2, 0.25) is 0 Å². The number of nitrogens with zero attached hydrogens (tertiary/aromatic N) is 2. The van der Waals surface area contributed by atoms with E-state index in [-0.39, 0.29) is 11.9 Å². The SMILES string of the molecule is CCc1nnc(C)cc1C(Cc1ccc(Cl)cc1F)NC. The smallest absolute Gasteiger partial charge is 0.127 e. The fraction of sp³-hybridized carbons (Fsp3) is 0.375. The van der Waals surface area contributed by atoms with E-state index >= 15 is 0 Å². The van der Waals surface area contributed by atoms with Crippen LogP contribution in [0.4, 0.5) is 4.39 Å². The lowest BCUT2D eigenvalue weighted by molar-refractivity contribution is 0.547. The van der Waals surface area contributed by atoms with Crippen LogP contribution in [0.1, 0.15) is 35.5 Å². The first-order valence-corrected chi connectivity index (χ1v) is 7.37. The van der Waals surface area contributed by atoms with Crippen molar-refractivity contribution >= 4 is 11.6 Å². The highest BCUT2D eigenvalue weighted by atomic mass is 35.5. The van der Waals surface area contributed by atoms with Crippen molar-refractivity contribution in [3.05, 3.63) is 57.6 Å². The highest BCUT2D eigenvalue weighted by Gasteiger charge is 2.17. The highest BCUT2D eigenvalue weighted by Crippen LogP contribution is 2.24. The van der Waals surface area contributed by atoms with Gasteiger partial charge in [0, 0.05) is 11.1 Å². The Morgan fingerprint density at radius 2 is 2.05 bits per heavy atom. The number of nitrogens with one attached hydrogen (secondary N) is 1. The minimum absolute atomic E-state index is 0.00942. The van der Waals surface area contributed by atoms with Crippen molar-refractivity contribution in [1.82, 2.24) is 15.5 Å². The molecule has 112 valence electrons. The van der Waals surface area contributed by atoms with E-state index in [9.17, 15) is 4.39 Å². The summed E-state index contributed by atoms with van der Waals surface area (Å²) in [4.78, 5) is 0. The van der Waals surface area contributed by atoms with Crippen molar-refractivity contribution in [3.8, 4) is 0 Å². The molecule has 1 aromatic heterocycles. The topological polar surface area (TPSA) is 37.8 Å². The van der Waals surface area contributed by atoms with Crippen LogP contribution in [0.15, 0.2) is 24.3 Å². The van der Waals surface area contributed by atoms with E-state index in [4.69, 9.17) is 11.6 Å². The zero-order valence-corrected chi connectivity index (χ0v) is 13.2. The molecule has 0 spiro atoms. The molecule has 1 heterocycles. The summed E-state index contributed by atoms with van der Waals surface area (Å²) in [6.45, 7) is 3.95. The molecule has 0 aliphatic rings. The molecule has 0 radical (unpaired) electrons. The first-order chi connectivity index (χ1) is 10.0. The molecule has 0 saturated carbocycles. The summed E-state index contributed by atoms with van der Waals surface area (Å²) >= 11 is 5.80. The third-order valence-electron chi connectivity index (χ3n) is 3.52. The minimum Gasteiger partial charge on any atom is -0.313 e. The standard InChI is InChI=1S/C16H19ClFN3/c1-4-15-13(7-10(2)20-21-15)16(19-3)8-11-5-6-12(17)9-14(11)18/h5-7,9,16,19H,4,8H2,1-3H3. The molecule has 0 bridgehead atoms. The maximum atomic E-state index is 14.0. The number of aromatic nitrogens is 2. The predicted molar refractivity (Wildman–Crippen MR) is 83.1 cm³/mol. The average Bonchev–Trinajstić information content (AvgIpc) is 2.46. The van der Waals surface area contributed by atoms with Crippen molar-refractivity contribution in [1.29, 1.82) is 0 Å². The average molecular weight is 308 g/mol. The molecule has 2 aromatic rings. The molecule has 21 heavy (non-hydrogen) atoms. The van der Waals surface area contributed by atoms with Crippen molar-refractivity contribution < 1.29 is 4.39 Å². The first kappa shape index (κ1) is 15.9. The van der Waals surface area contributed by atoms with E-state index in [1.807, 2.05) is 27.0 Å². The maximum Gasteiger partial charge on any atom is 0.127 e. The van der Waals surface area contributed by atoms with Crippen LogP contribution in [0.25, 0.3) is 0 Å². The van der Waals surface area contributed by atoms with Gasteiger partial charge in [0.25, 0.3) is 0 Å². The van der Waals surface area contributed by atoms with Crippen LogP contribution in [-0.4, -0.2) is 17.2 Å². The molecule has 1 aromatic carbocycles. The van der Waals surface area contributed by atoms with Gasteiger partial charge in [0.15, 0.2) is 0 Å². The zero-order valence-electron chi connectivity index (χ0n) is 12.5. The minimum atomic E-state index is -0.278. The summed E-state index contributed by atoms with van der Waals surface area (Å²) < 4.78 is 14.0. The van der Waals surface area contributed by atoms with E-state index in [0.29, 0.717) is 17.0 Å². The second-order valence-electron chi connectivity index (χ2n) is 5.02. The van der Waals surface area contributed by atoms with Gasteiger partial charge in [-0.15, -0.1) is 0 Å².